The van der Waals surface area contributed by atoms with Crippen LogP contribution in [0.1, 0.15) is 23.7 Å². The Kier molecular flexibility index (Phi) is 2.20. The van der Waals surface area contributed by atoms with E-state index in [1.54, 1.807) is 12.1 Å². The molecule has 0 bridgehead atoms. The van der Waals surface area contributed by atoms with E-state index in [1.165, 1.54) is 0 Å². The molecule has 0 saturated heterocycles. The van der Waals surface area contributed by atoms with Gasteiger partial charge < -0.3 is 15.5 Å². The number of benzene rings is 1. The van der Waals surface area contributed by atoms with Gasteiger partial charge in [-0.3, -0.25) is 0 Å². The first-order valence-electron chi connectivity index (χ1n) is 4.48. The number of fused-ring (bicyclic) bond motifs is 1. The number of nitrogens with one attached hydrogen (secondary N) is 1. The summed E-state index contributed by atoms with van der Waals surface area (Å²) in [6, 6.07) is 5.15. The fourth-order valence-electron chi connectivity index (χ4n) is 1.67. The molecule has 0 saturated carbocycles. The van der Waals surface area contributed by atoms with Gasteiger partial charge in [0.2, 0.25) is 0 Å². The van der Waals surface area contributed by atoms with Crippen molar-refractivity contribution in [1.29, 1.82) is 0 Å². The van der Waals surface area contributed by atoms with Gasteiger partial charge in [0.15, 0.2) is 0 Å². The van der Waals surface area contributed by atoms with Crippen LogP contribution in [0.4, 0.5) is 0 Å². The summed E-state index contributed by atoms with van der Waals surface area (Å²) in [5.74, 6) is 0.222. The summed E-state index contributed by atoms with van der Waals surface area (Å²) in [5.41, 5.74) is 1.92. The van der Waals surface area contributed by atoms with Crippen LogP contribution in [-0.2, 0) is 6.54 Å². The van der Waals surface area contributed by atoms with Crippen LogP contribution in [0.15, 0.2) is 18.2 Å². The van der Waals surface area contributed by atoms with E-state index in [0.29, 0.717) is 6.42 Å². The summed E-state index contributed by atoms with van der Waals surface area (Å²) < 4.78 is 0. The maximum Gasteiger partial charge on any atom is 0.115 e. The Balaban J connectivity index is 2.43. The number of rotatable bonds is 0. The second-order valence-corrected chi connectivity index (χ2v) is 3.36. The maximum absolute atomic E-state index is 9.71. The molecule has 0 aromatic heterocycles. The zero-order valence-electron chi connectivity index (χ0n) is 7.33. The Hall–Kier alpha value is -1.06. The van der Waals surface area contributed by atoms with E-state index >= 15 is 0 Å². The first-order chi connectivity index (χ1) is 6.27. The van der Waals surface area contributed by atoms with E-state index in [9.17, 15) is 10.2 Å². The Morgan fingerprint density at radius 3 is 3.08 bits per heavy atom. The van der Waals surface area contributed by atoms with Crippen molar-refractivity contribution >= 4 is 0 Å². The molecule has 1 aromatic carbocycles. The summed E-state index contributed by atoms with van der Waals surface area (Å²) in [5, 5.41) is 22.2. The molecule has 3 heteroatoms. The van der Waals surface area contributed by atoms with E-state index in [2.05, 4.69) is 5.32 Å². The summed E-state index contributed by atoms with van der Waals surface area (Å²) in [4.78, 5) is 0. The molecule has 1 aromatic rings. The fourth-order valence-corrected chi connectivity index (χ4v) is 1.67. The van der Waals surface area contributed by atoms with Gasteiger partial charge >= 0.3 is 0 Å². The van der Waals surface area contributed by atoms with Crippen molar-refractivity contribution in [3.63, 3.8) is 0 Å². The summed E-state index contributed by atoms with van der Waals surface area (Å²) in [6.07, 6.45) is 0.258. The molecule has 1 atom stereocenters. The van der Waals surface area contributed by atoms with Gasteiger partial charge in [0.05, 0.1) is 6.10 Å². The third-order valence-corrected chi connectivity index (χ3v) is 2.40. The van der Waals surface area contributed by atoms with Gasteiger partial charge in [-0.05, 0) is 36.2 Å². The van der Waals surface area contributed by atoms with Gasteiger partial charge in [-0.2, -0.15) is 0 Å². The molecule has 0 fully saturated rings. The smallest absolute Gasteiger partial charge is 0.115 e. The van der Waals surface area contributed by atoms with Crippen molar-refractivity contribution in [3.8, 4) is 5.75 Å². The first-order valence-corrected chi connectivity index (χ1v) is 4.48. The molecule has 13 heavy (non-hydrogen) atoms. The third kappa shape index (κ3) is 1.66. The van der Waals surface area contributed by atoms with Gasteiger partial charge in [-0.25, -0.2) is 0 Å². The molecule has 1 heterocycles. The van der Waals surface area contributed by atoms with Gasteiger partial charge in [-0.1, -0.05) is 6.07 Å². The quantitative estimate of drug-likeness (QED) is 0.555. The molecular formula is C10H13NO2. The van der Waals surface area contributed by atoms with E-state index in [-0.39, 0.29) is 5.75 Å². The zero-order chi connectivity index (χ0) is 9.26. The summed E-state index contributed by atoms with van der Waals surface area (Å²) >= 11 is 0. The molecule has 3 nitrogen and oxygen atoms in total. The number of phenolic OH excluding ortho intramolecular Hbond substituents is 1. The monoisotopic (exact) mass is 179 g/mol. The van der Waals surface area contributed by atoms with Crippen molar-refractivity contribution in [2.24, 2.45) is 0 Å². The third-order valence-electron chi connectivity index (χ3n) is 2.40. The topological polar surface area (TPSA) is 52.5 Å². The highest BCUT2D eigenvalue weighted by atomic mass is 16.3. The van der Waals surface area contributed by atoms with Crippen molar-refractivity contribution < 1.29 is 10.2 Å². The minimum absolute atomic E-state index is 0.222. The van der Waals surface area contributed by atoms with E-state index in [1.807, 2.05) is 6.07 Å². The van der Waals surface area contributed by atoms with E-state index in [4.69, 9.17) is 0 Å². The molecule has 0 radical (unpaired) electrons. The second kappa shape index (κ2) is 3.36. The molecule has 3 N–H and O–H groups in total. The lowest BCUT2D eigenvalue weighted by atomic mass is 10.0. The lowest BCUT2D eigenvalue weighted by molar-refractivity contribution is 0.169. The van der Waals surface area contributed by atoms with Crippen molar-refractivity contribution in [3.05, 3.63) is 29.3 Å². The predicted molar refractivity (Wildman–Crippen MR) is 49.4 cm³/mol. The van der Waals surface area contributed by atoms with Crippen LogP contribution in [-0.4, -0.2) is 16.8 Å². The van der Waals surface area contributed by atoms with E-state index in [0.717, 1.165) is 24.2 Å². The fraction of sp³-hybridized carbons (Fsp3) is 0.400. The molecule has 1 aliphatic rings. The minimum Gasteiger partial charge on any atom is -0.508 e. The number of aliphatic hydroxyl groups excluding tert-OH is 1. The molecule has 0 amide bonds. The molecule has 70 valence electrons. The standard InChI is InChI=1S/C10H13NO2/c12-8-2-1-7-6-11-4-3-10(13)9(7)5-8/h1-2,5,10-13H,3-4,6H2. The average molecular weight is 179 g/mol. The Morgan fingerprint density at radius 2 is 2.23 bits per heavy atom. The molecule has 2 rings (SSSR count). The summed E-state index contributed by atoms with van der Waals surface area (Å²) in [6.45, 7) is 1.59. The lowest BCUT2D eigenvalue weighted by Crippen LogP contribution is -2.12. The molecule has 0 spiro atoms. The Bertz CT molecular complexity index is 312. The normalized spacial score (nSPS) is 22.1. The van der Waals surface area contributed by atoms with E-state index < -0.39 is 6.10 Å². The largest absolute Gasteiger partial charge is 0.508 e. The number of hydrogen-bond acceptors (Lipinski definition) is 3. The lowest BCUT2D eigenvalue weighted by Gasteiger charge is -2.10. The minimum atomic E-state index is -0.447. The number of hydrogen-bond donors (Lipinski definition) is 3. The highest BCUT2D eigenvalue weighted by molar-refractivity contribution is 5.36. The Morgan fingerprint density at radius 1 is 1.38 bits per heavy atom. The van der Waals surface area contributed by atoms with Gasteiger partial charge in [0, 0.05) is 6.54 Å². The summed E-state index contributed by atoms with van der Waals surface area (Å²) in [7, 11) is 0. The molecule has 1 aliphatic heterocycles. The van der Waals surface area contributed by atoms with Crippen molar-refractivity contribution in [1.82, 2.24) is 5.32 Å². The van der Waals surface area contributed by atoms with Crippen LogP contribution < -0.4 is 5.32 Å². The first kappa shape index (κ1) is 8.53. The van der Waals surface area contributed by atoms with Gasteiger partial charge in [0.1, 0.15) is 5.75 Å². The second-order valence-electron chi connectivity index (χ2n) is 3.36. The van der Waals surface area contributed by atoms with Crippen LogP contribution in [0, 0.1) is 0 Å². The van der Waals surface area contributed by atoms with Crippen molar-refractivity contribution in [2.75, 3.05) is 6.54 Å². The van der Waals surface area contributed by atoms with Crippen LogP contribution in [0.3, 0.4) is 0 Å². The van der Waals surface area contributed by atoms with Crippen LogP contribution >= 0.6 is 0 Å². The van der Waals surface area contributed by atoms with Gasteiger partial charge in [0.25, 0.3) is 0 Å². The zero-order valence-corrected chi connectivity index (χ0v) is 7.33. The number of phenols is 1. The highest BCUT2D eigenvalue weighted by Gasteiger charge is 2.15. The van der Waals surface area contributed by atoms with Crippen LogP contribution in [0.2, 0.25) is 0 Å². The number of aliphatic hydroxyl groups is 1. The van der Waals surface area contributed by atoms with Crippen LogP contribution in [0.25, 0.3) is 0 Å². The number of aromatic hydroxyl groups is 1. The molecular weight excluding hydrogens is 166 g/mol. The molecule has 1 unspecified atom stereocenters. The highest BCUT2D eigenvalue weighted by Crippen LogP contribution is 2.26. The average Bonchev–Trinajstić information content (AvgIpc) is 2.29. The van der Waals surface area contributed by atoms with Crippen LogP contribution in [0.5, 0.6) is 5.75 Å². The van der Waals surface area contributed by atoms with Crippen molar-refractivity contribution in [2.45, 2.75) is 19.1 Å². The maximum atomic E-state index is 9.71. The SMILES string of the molecule is Oc1ccc2c(c1)C(O)CCNC2. The molecule has 0 aliphatic carbocycles. The Labute approximate surface area is 77.0 Å². The van der Waals surface area contributed by atoms with Gasteiger partial charge in [-0.15, -0.1) is 0 Å². The predicted octanol–water partition coefficient (Wildman–Crippen LogP) is 0.919.